The van der Waals surface area contributed by atoms with Crippen molar-refractivity contribution in [2.45, 2.75) is 38.5 Å². The molecule has 0 nitrogen and oxygen atoms in total. The average molecular weight is 292 g/mol. The van der Waals surface area contributed by atoms with E-state index in [1.165, 1.54) is 38.5 Å². The van der Waals surface area contributed by atoms with E-state index >= 15 is 0 Å². The van der Waals surface area contributed by atoms with E-state index in [0.29, 0.717) is 0 Å². The predicted octanol–water partition coefficient (Wildman–Crippen LogP) is 5.96. The molecule has 0 heterocycles. The summed E-state index contributed by atoms with van der Waals surface area (Å²) in [5.74, 6) is 0. The summed E-state index contributed by atoms with van der Waals surface area (Å²) in [5.41, 5.74) is 6.27. The summed E-state index contributed by atoms with van der Waals surface area (Å²) in [7, 11) is 0. The highest BCUT2D eigenvalue weighted by Gasteiger charge is 2.07. The average Bonchev–Trinajstić information content (AvgIpc) is 3.28. The molecule has 0 radical (unpaired) electrons. The number of fused-ring (bicyclic) bond motifs is 2. The van der Waals surface area contributed by atoms with E-state index in [9.17, 15) is 0 Å². The molecule has 0 heteroatoms. The van der Waals surface area contributed by atoms with Gasteiger partial charge in [-0.15, -0.1) is 26.3 Å². The smallest absolute Gasteiger partial charge is 0.0273 e. The topological polar surface area (TPSA) is 0 Å². The molecule has 0 aromatic heterocycles. The van der Waals surface area contributed by atoms with Crippen molar-refractivity contribution in [2.75, 3.05) is 0 Å². The lowest BCUT2D eigenvalue weighted by Gasteiger charge is -1.93. The molecule has 2 aliphatic carbocycles. The molecule has 116 valence electrons. The Hall–Kier alpha value is -2.08. The first-order valence-corrected chi connectivity index (χ1v) is 8.07. The SMILES string of the molecule is C=C.C=C.c1ccc2c(c1)CCC2.c1ccc2c(c1)CCC2. The van der Waals surface area contributed by atoms with Gasteiger partial charge in [-0.25, -0.2) is 0 Å². The summed E-state index contributed by atoms with van der Waals surface area (Å²) in [4.78, 5) is 0. The van der Waals surface area contributed by atoms with E-state index in [2.05, 4.69) is 74.8 Å². The zero-order valence-corrected chi connectivity index (χ0v) is 13.7. The molecule has 2 aromatic rings. The van der Waals surface area contributed by atoms with Crippen LogP contribution in [-0.2, 0) is 25.7 Å². The van der Waals surface area contributed by atoms with Gasteiger partial charge in [0.1, 0.15) is 0 Å². The standard InChI is InChI=1S/2C9H10.2C2H4/c2*1-2-5-9-7-3-6-8(9)4-1;2*1-2/h2*1-2,4-5H,3,6-7H2;2*1-2H2. The van der Waals surface area contributed by atoms with Crippen LogP contribution in [0.4, 0.5) is 0 Å². The van der Waals surface area contributed by atoms with Gasteiger partial charge in [0.25, 0.3) is 0 Å². The van der Waals surface area contributed by atoms with Crippen molar-refractivity contribution in [2.24, 2.45) is 0 Å². The van der Waals surface area contributed by atoms with Crippen LogP contribution in [0.1, 0.15) is 35.1 Å². The van der Waals surface area contributed by atoms with Crippen LogP contribution in [0, 0.1) is 0 Å². The third-order valence-electron chi connectivity index (χ3n) is 4.02. The van der Waals surface area contributed by atoms with Crippen LogP contribution < -0.4 is 0 Å². The summed E-state index contributed by atoms with van der Waals surface area (Å²) < 4.78 is 0. The lowest BCUT2D eigenvalue weighted by Crippen LogP contribution is -1.77. The van der Waals surface area contributed by atoms with Crippen molar-refractivity contribution in [3.63, 3.8) is 0 Å². The molecule has 2 aliphatic rings. The maximum absolute atomic E-state index is 3.00. The molecule has 0 amide bonds. The second-order valence-corrected chi connectivity index (χ2v) is 5.24. The maximum Gasteiger partial charge on any atom is -0.0273 e. The Morgan fingerprint density at radius 1 is 0.455 bits per heavy atom. The third-order valence-corrected chi connectivity index (χ3v) is 4.02. The summed E-state index contributed by atoms with van der Waals surface area (Å²) in [5, 5.41) is 0. The van der Waals surface area contributed by atoms with Gasteiger partial charge in [-0.2, -0.15) is 0 Å². The highest BCUT2D eigenvalue weighted by molar-refractivity contribution is 5.31. The zero-order valence-electron chi connectivity index (χ0n) is 13.7. The fourth-order valence-electron chi connectivity index (χ4n) is 3.03. The molecule has 4 rings (SSSR count). The van der Waals surface area contributed by atoms with Gasteiger partial charge in [0, 0.05) is 0 Å². The molecular formula is C22H28. The Bertz CT molecular complexity index is 456. The number of rotatable bonds is 0. The van der Waals surface area contributed by atoms with Gasteiger partial charge in [0.05, 0.1) is 0 Å². The zero-order chi connectivity index (χ0) is 16.2. The van der Waals surface area contributed by atoms with Crippen molar-refractivity contribution in [1.29, 1.82) is 0 Å². The highest BCUT2D eigenvalue weighted by atomic mass is 14.1. The molecule has 2 aromatic carbocycles. The van der Waals surface area contributed by atoms with Crippen LogP contribution in [0.5, 0.6) is 0 Å². The molecule has 0 atom stereocenters. The van der Waals surface area contributed by atoms with E-state index in [4.69, 9.17) is 0 Å². The quantitative estimate of drug-likeness (QED) is 0.526. The lowest BCUT2D eigenvalue weighted by atomic mass is 10.1. The summed E-state index contributed by atoms with van der Waals surface area (Å²) in [6.07, 6.45) is 7.93. The van der Waals surface area contributed by atoms with Crippen LogP contribution in [0.25, 0.3) is 0 Å². The molecule has 0 N–H and O–H groups in total. The van der Waals surface area contributed by atoms with Gasteiger partial charge in [-0.3, -0.25) is 0 Å². The first-order chi connectivity index (χ1) is 10.9. The van der Waals surface area contributed by atoms with Crippen LogP contribution in [0.3, 0.4) is 0 Å². The molecule has 0 unspecified atom stereocenters. The molecule has 22 heavy (non-hydrogen) atoms. The van der Waals surface area contributed by atoms with E-state index in [-0.39, 0.29) is 0 Å². The van der Waals surface area contributed by atoms with Gasteiger partial charge in [-0.1, -0.05) is 48.5 Å². The van der Waals surface area contributed by atoms with Gasteiger partial charge >= 0.3 is 0 Å². The minimum Gasteiger partial charge on any atom is -0.106 e. The molecule has 0 bridgehead atoms. The first-order valence-electron chi connectivity index (χ1n) is 8.07. The molecule has 0 saturated carbocycles. The number of hydrogen-bond acceptors (Lipinski definition) is 0. The van der Waals surface area contributed by atoms with Gasteiger partial charge in [-0.05, 0) is 60.8 Å². The number of benzene rings is 2. The van der Waals surface area contributed by atoms with E-state index in [1.807, 2.05) is 0 Å². The van der Waals surface area contributed by atoms with Crippen LogP contribution in [-0.4, -0.2) is 0 Å². The minimum absolute atomic E-state index is 1.30. The Morgan fingerprint density at radius 3 is 0.909 bits per heavy atom. The normalized spacial score (nSPS) is 13.1. The van der Waals surface area contributed by atoms with E-state index in [1.54, 1.807) is 22.3 Å². The third kappa shape index (κ3) is 5.04. The van der Waals surface area contributed by atoms with Crippen molar-refractivity contribution in [1.82, 2.24) is 0 Å². The largest absolute Gasteiger partial charge is 0.106 e. The van der Waals surface area contributed by atoms with Crippen molar-refractivity contribution < 1.29 is 0 Å². The Labute approximate surface area is 136 Å². The van der Waals surface area contributed by atoms with Crippen molar-refractivity contribution in [3.05, 3.63) is 97.1 Å². The second kappa shape index (κ2) is 10.6. The Morgan fingerprint density at radius 2 is 0.682 bits per heavy atom. The fraction of sp³-hybridized carbons (Fsp3) is 0.273. The van der Waals surface area contributed by atoms with Gasteiger partial charge in [0.2, 0.25) is 0 Å². The monoisotopic (exact) mass is 292 g/mol. The molecule has 0 fully saturated rings. The molecule has 0 aliphatic heterocycles. The first kappa shape index (κ1) is 18.0. The summed E-state index contributed by atoms with van der Waals surface area (Å²) in [6, 6.07) is 17.5. The van der Waals surface area contributed by atoms with E-state index in [0.717, 1.165) is 0 Å². The highest BCUT2D eigenvalue weighted by Crippen LogP contribution is 2.20. The Balaban J connectivity index is 0.000000180. The lowest BCUT2D eigenvalue weighted by molar-refractivity contribution is 0.912. The van der Waals surface area contributed by atoms with Crippen molar-refractivity contribution >= 4 is 0 Å². The minimum atomic E-state index is 1.30. The van der Waals surface area contributed by atoms with Crippen LogP contribution >= 0.6 is 0 Å². The molecule has 0 saturated heterocycles. The van der Waals surface area contributed by atoms with Gasteiger partial charge < -0.3 is 0 Å². The molecule has 0 spiro atoms. The van der Waals surface area contributed by atoms with Gasteiger partial charge in [0.15, 0.2) is 0 Å². The van der Waals surface area contributed by atoms with Crippen LogP contribution in [0.15, 0.2) is 74.8 Å². The number of hydrogen-bond donors (Lipinski definition) is 0. The number of aryl methyl sites for hydroxylation is 4. The van der Waals surface area contributed by atoms with Crippen molar-refractivity contribution in [3.8, 4) is 0 Å². The molecular weight excluding hydrogens is 264 g/mol. The second-order valence-electron chi connectivity index (χ2n) is 5.24. The predicted molar refractivity (Wildman–Crippen MR) is 99.4 cm³/mol. The maximum atomic E-state index is 3.00. The summed E-state index contributed by atoms with van der Waals surface area (Å²) >= 11 is 0. The van der Waals surface area contributed by atoms with Crippen LogP contribution in [0.2, 0.25) is 0 Å². The van der Waals surface area contributed by atoms with E-state index < -0.39 is 0 Å². The Kier molecular flexibility index (Phi) is 8.67. The fourth-order valence-corrected chi connectivity index (χ4v) is 3.03. The summed E-state index contributed by atoms with van der Waals surface area (Å²) in [6.45, 7) is 12.0.